The number of aliphatic hydroxyl groups is 1. The van der Waals surface area contributed by atoms with Crippen LogP contribution in [0.2, 0.25) is 16.6 Å². The van der Waals surface area contributed by atoms with Crippen molar-refractivity contribution in [2.45, 2.75) is 133 Å². The van der Waals surface area contributed by atoms with Crippen LogP contribution in [0.5, 0.6) is 11.8 Å². The number of rotatable bonds is 8. The van der Waals surface area contributed by atoms with E-state index in [0.29, 0.717) is 75.8 Å². The van der Waals surface area contributed by atoms with Gasteiger partial charge >= 0.3 is 11.6 Å². The largest absolute Gasteiger partial charge is 0.508 e. The number of benzene rings is 2. The molecule has 8 rings (SSSR count). The zero-order chi connectivity index (χ0) is 39.9. The number of aromatic nitrogens is 2. The van der Waals surface area contributed by atoms with Gasteiger partial charge in [0.05, 0.1) is 22.7 Å². The number of alkyl halides is 1. The zero-order valence-corrected chi connectivity index (χ0v) is 34.6. The number of fused-ring (bicyclic) bond motifs is 3. The molecule has 2 aromatic carbocycles. The van der Waals surface area contributed by atoms with E-state index in [-0.39, 0.29) is 40.6 Å². The Bertz CT molecular complexity index is 2310. The summed E-state index contributed by atoms with van der Waals surface area (Å²) < 4.78 is 43.5. The second kappa shape index (κ2) is 14.1. The topological polar surface area (TPSA) is 112 Å². The van der Waals surface area contributed by atoms with Crippen molar-refractivity contribution in [2.24, 2.45) is 0 Å². The fraction of sp³-hybridized carbons (Fsp3) is 0.568. The maximum Gasteiger partial charge on any atom is 0.349 e. The second-order valence-electron chi connectivity index (χ2n) is 17.9. The molecule has 4 aliphatic rings. The molecule has 56 heavy (non-hydrogen) atoms. The molecule has 1 aliphatic carbocycles. The van der Waals surface area contributed by atoms with Crippen LogP contribution < -0.4 is 15.3 Å². The summed E-state index contributed by atoms with van der Waals surface area (Å²) in [7, 11) is -2.28. The predicted molar refractivity (Wildman–Crippen MR) is 218 cm³/mol. The first-order valence-corrected chi connectivity index (χ1v) is 22.6. The number of aromatic hydroxyl groups is 1. The molecule has 4 aromatic rings. The SMILES string of the molecule is Cc1c(-c2cc(O)cc3ccc(F)c(C#C[Si](C(C)C)(C(C)C)C(C)C)c23)oc(=O)c2c(N3CC(O)CCC34CC4)nc(OC[C@@]34CCCN3C[C@H](F)C4)nc12. The Balaban J connectivity index is 1.34. The van der Waals surface area contributed by atoms with Crippen molar-refractivity contribution in [3.05, 3.63) is 51.6 Å². The Morgan fingerprint density at radius 3 is 2.46 bits per heavy atom. The summed E-state index contributed by atoms with van der Waals surface area (Å²) in [5.41, 5.74) is 4.53. The van der Waals surface area contributed by atoms with Crippen LogP contribution in [0.1, 0.15) is 97.6 Å². The molecule has 2 aromatic heterocycles. The van der Waals surface area contributed by atoms with Crippen LogP contribution in [0.3, 0.4) is 0 Å². The minimum absolute atomic E-state index is 0.0577. The summed E-state index contributed by atoms with van der Waals surface area (Å²) in [5, 5.41) is 23.1. The van der Waals surface area contributed by atoms with Crippen molar-refractivity contribution in [3.8, 4) is 34.5 Å². The van der Waals surface area contributed by atoms with Crippen molar-refractivity contribution < 1.29 is 28.1 Å². The van der Waals surface area contributed by atoms with E-state index in [1.54, 1.807) is 19.1 Å². The van der Waals surface area contributed by atoms with Gasteiger partial charge in [0.2, 0.25) is 0 Å². The van der Waals surface area contributed by atoms with Crippen LogP contribution in [0.4, 0.5) is 14.6 Å². The average molecular weight is 785 g/mol. The van der Waals surface area contributed by atoms with Crippen molar-refractivity contribution in [1.29, 1.82) is 0 Å². The van der Waals surface area contributed by atoms with E-state index in [4.69, 9.17) is 19.1 Å². The van der Waals surface area contributed by atoms with Gasteiger partial charge in [-0.15, -0.1) is 5.54 Å². The molecule has 9 nitrogen and oxygen atoms in total. The summed E-state index contributed by atoms with van der Waals surface area (Å²) in [6.07, 6.45) is 3.83. The number of ether oxygens (including phenoxy) is 1. The Kier molecular flexibility index (Phi) is 9.77. The van der Waals surface area contributed by atoms with Gasteiger partial charge in [0, 0.05) is 41.6 Å². The van der Waals surface area contributed by atoms with E-state index < -0.39 is 37.3 Å². The number of hydrogen-bond acceptors (Lipinski definition) is 9. The normalized spacial score (nSPS) is 23.5. The molecular formula is C44H54F2N4O5Si. The maximum atomic E-state index is 16.1. The maximum absolute atomic E-state index is 16.1. The van der Waals surface area contributed by atoms with Gasteiger partial charge in [-0.05, 0) is 92.2 Å². The van der Waals surface area contributed by atoms with Gasteiger partial charge in [-0.1, -0.05) is 53.5 Å². The third kappa shape index (κ3) is 6.29. The molecule has 3 atom stereocenters. The van der Waals surface area contributed by atoms with E-state index in [1.807, 2.05) is 4.90 Å². The highest BCUT2D eigenvalue weighted by Gasteiger charge is 2.53. The average Bonchev–Trinajstić information content (AvgIpc) is 3.70. The third-order valence-corrected chi connectivity index (χ3v) is 20.0. The molecule has 1 spiro atoms. The number of phenolic OH excluding ortho intramolecular Hbond substituents is 1. The van der Waals surface area contributed by atoms with Crippen LogP contribution in [0.25, 0.3) is 33.0 Å². The van der Waals surface area contributed by atoms with E-state index >= 15 is 4.39 Å². The van der Waals surface area contributed by atoms with Gasteiger partial charge in [0.1, 0.15) is 43.6 Å². The van der Waals surface area contributed by atoms with Crippen molar-refractivity contribution in [3.63, 3.8) is 0 Å². The fourth-order valence-electron chi connectivity index (χ4n) is 10.8. The number of β-amino-alcohol motifs (C(OH)–C–C–N with tert-alkyl or cyclic N) is 1. The third-order valence-electron chi connectivity index (χ3n) is 13.8. The highest BCUT2D eigenvalue weighted by atomic mass is 28.3. The van der Waals surface area contributed by atoms with Crippen molar-refractivity contribution >= 4 is 35.6 Å². The molecule has 3 saturated heterocycles. The Hall–Kier alpha value is -4.05. The molecule has 298 valence electrons. The van der Waals surface area contributed by atoms with Crippen LogP contribution in [-0.4, -0.2) is 82.7 Å². The lowest BCUT2D eigenvalue weighted by Crippen LogP contribution is -2.48. The van der Waals surface area contributed by atoms with E-state index in [1.165, 1.54) is 12.1 Å². The quantitative estimate of drug-likeness (QED) is 0.134. The molecule has 3 aliphatic heterocycles. The molecule has 0 amide bonds. The second-order valence-corrected chi connectivity index (χ2v) is 23.5. The Morgan fingerprint density at radius 2 is 1.77 bits per heavy atom. The number of aryl methyl sites for hydroxylation is 1. The van der Waals surface area contributed by atoms with Crippen molar-refractivity contribution in [1.82, 2.24) is 14.9 Å². The van der Waals surface area contributed by atoms with Gasteiger partial charge in [-0.25, -0.2) is 13.6 Å². The monoisotopic (exact) mass is 784 g/mol. The number of phenols is 1. The number of anilines is 1. The van der Waals surface area contributed by atoms with Gasteiger partial charge in [0.25, 0.3) is 0 Å². The summed E-state index contributed by atoms with van der Waals surface area (Å²) >= 11 is 0. The summed E-state index contributed by atoms with van der Waals surface area (Å²) in [4.78, 5) is 28.4. The Morgan fingerprint density at radius 1 is 1.04 bits per heavy atom. The fourth-order valence-corrected chi connectivity index (χ4v) is 16.0. The highest BCUT2D eigenvalue weighted by Crippen LogP contribution is 2.51. The molecule has 0 bridgehead atoms. The number of piperidine rings is 1. The number of halogens is 2. The molecule has 1 saturated carbocycles. The van der Waals surface area contributed by atoms with Gasteiger partial charge in [-0.2, -0.15) is 9.97 Å². The van der Waals surface area contributed by atoms with Crippen molar-refractivity contribution in [2.75, 3.05) is 31.1 Å². The van der Waals surface area contributed by atoms with Crippen LogP contribution in [0, 0.1) is 24.2 Å². The first kappa shape index (κ1) is 38.8. The van der Waals surface area contributed by atoms with Gasteiger partial charge in [-0.3, -0.25) is 4.90 Å². The first-order chi connectivity index (χ1) is 26.6. The van der Waals surface area contributed by atoms with Crippen LogP contribution in [-0.2, 0) is 0 Å². The van der Waals surface area contributed by atoms with Gasteiger partial charge < -0.3 is 24.3 Å². The molecule has 2 N–H and O–H groups in total. The smallest absolute Gasteiger partial charge is 0.349 e. The minimum atomic E-state index is -2.28. The minimum Gasteiger partial charge on any atom is -0.508 e. The van der Waals surface area contributed by atoms with Gasteiger partial charge in [0.15, 0.2) is 5.82 Å². The molecular weight excluding hydrogens is 731 g/mol. The lowest BCUT2D eigenvalue weighted by atomic mass is 9.94. The molecule has 1 unspecified atom stereocenters. The first-order valence-electron chi connectivity index (χ1n) is 20.4. The molecule has 4 fully saturated rings. The standard InChI is InChI=1S/C44H54F2N4O5Si/c1-25(2)56(26(3)4,27(5)6)18-12-33-35(46)10-9-29-19-32(52)20-34(36(29)33)39-28(7)38-37(41(53)55-39)40(50-23-31(51)11-14-43(50)15-16-43)48-42(47-38)54-24-44-13-8-17-49(44)22-30(45)21-44/h9-10,19-20,25-27,30-31,51-52H,8,11,13-17,21-24H2,1-7H3/t30-,31?,44+/m1/s1. The highest BCUT2D eigenvalue weighted by molar-refractivity contribution is 6.90. The number of nitrogens with zero attached hydrogens (tertiary/aromatic N) is 4. The van der Waals surface area contributed by atoms with Crippen LogP contribution in [0.15, 0.2) is 33.5 Å². The number of aliphatic hydroxyl groups excluding tert-OH is 1. The van der Waals surface area contributed by atoms with E-state index in [9.17, 15) is 19.4 Å². The van der Waals surface area contributed by atoms with E-state index in [0.717, 1.165) is 38.6 Å². The number of hydrogen-bond donors (Lipinski definition) is 2. The van der Waals surface area contributed by atoms with Crippen LogP contribution >= 0.6 is 0 Å². The summed E-state index contributed by atoms with van der Waals surface area (Å²) in [5.74, 6) is 3.21. The lowest BCUT2D eigenvalue weighted by Gasteiger charge is -2.40. The lowest BCUT2D eigenvalue weighted by molar-refractivity contribution is 0.107. The predicted octanol–water partition coefficient (Wildman–Crippen LogP) is 8.57. The van der Waals surface area contributed by atoms with E-state index in [2.05, 4.69) is 57.9 Å². The molecule has 0 radical (unpaired) electrons. The summed E-state index contributed by atoms with van der Waals surface area (Å²) in [6.45, 7) is 16.7. The molecule has 12 heteroatoms. The molecule has 5 heterocycles. The Labute approximate surface area is 328 Å². The summed E-state index contributed by atoms with van der Waals surface area (Å²) in [6, 6.07) is 6.08. The zero-order valence-electron chi connectivity index (χ0n) is 33.6.